The minimum Gasteiger partial charge on any atom is -0.481 e. The molecule has 0 spiro atoms. The first kappa shape index (κ1) is 18.9. The topological polar surface area (TPSA) is 72.9 Å². The second-order valence-electron chi connectivity index (χ2n) is 6.15. The number of carbonyl (C=O) groups excluding carboxylic acids is 1. The van der Waals surface area contributed by atoms with Crippen LogP contribution in [0.5, 0.6) is 0 Å². The maximum Gasteiger partial charge on any atom is 0.416 e. The van der Waals surface area contributed by atoms with E-state index in [1.165, 1.54) is 11.0 Å². The van der Waals surface area contributed by atoms with Crippen LogP contribution in [0.15, 0.2) is 18.2 Å². The van der Waals surface area contributed by atoms with Crippen molar-refractivity contribution in [2.75, 3.05) is 37.4 Å². The molecule has 1 saturated heterocycles. The van der Waals surface area contributed by atoms with Gasteiger partial charge in [-0.2, -0.15) is 13.2 Å². The van der Waals surface area contributed by atoms with Gasteiger partial charge in [-0.3, -0.25) is 4.79 Å². The Bertz CT molecular complexity index is 654. The lowest BCUT2D eigenvalue weighted by atomic mass is 9.97. The number of amides is 2. The normalized spacial score (nSPS) is 15.8. The smallest absolute Gasteiger partial charge is 0.416 e. The van der Waals surface area contributed by atoms with Crippen molar-refractivity contribution in [3.8, 4) is 0 Å². The molecule has 0 aromatic heterocycles. The average Bonchev–Trinajstić information content (AvgIpc) is 2.53. The molecule has 6 nitrogen and oxygen atoms in total. The lowest BCUT2D eigenvalue weighted by molar-refractivity contribution is -0.143. The summed E-state index contributed by atoms with van der Waals surface area (Å²) in [7, 11) is 3.33. The minimum absolute atomic E-state index is 0.0604. The average molecular weight is 359 g/mol. The lowest BCUT2D eigenvalue weighted by Crippen LogP contribution is -2.42. The molecule has 0 aliphatic carbocycles. The molecule has 2 N–H and O–H groups in total. The summed E-state index contributed by atoms with van der Waals surface area (Å²) in [4.78, 5) is 26.3. The zero-order valence-electron chi connectivity index (χ0n) is 13.9. The predicted octanol–water partition coefficient (Wildman–Crippen LogP) is 3.10. The first-order chi connectivity index (χ1) is 11.6. The first-order valence-corrected chi connectivity index (χ1v) is 7.77. The first-order valence-electron chi connectivity index (χ1n) is 7.77. The number of hydrogen-bond acceptors (Lipinski definition) is 3. The van der Waals surface area contributed by atoms with Gasteiger partial charge in [0, 0.05) is 27.2 Å². The van der Waals surface area contributed by atoms with E-state index < -0.39 is 29.7 Å². The van der Waals surface area contributed by atoms with Gasteiger partial charge in [0.25, 0.3) is 0 Å². The molecule has 0 radical (unpaired) electrons. The van der Waals surface area contributed by atoms with Crippen LogP contribution in [0.3, 0.4) is 0 Å². The fourth-order valence-corrected chi connectivity index (χ4v) is 2.73. The quantitative estimate of drug-likeness (QED) is 0.870. The van der Waals surface area contributed by atoms with Gasteiger partial charge >= 0.3 is 18.2 Å². The summed E-state index contributed by atoms with van der Waals surface area (Å²) in [5.41, 5.74) is -0.343. The molecule has 1 heterocycles. The summed E-state index contributed by atoms with van der Waals surface area (Å²) in [6.45, 7) is 0.498. The Morgan fingerprint density at radius 1 is 1.24 bits per heavy atom. The molecule has 1 fully saturated rings. The van der Waals surface area contributed by atoms with Crippen molar-refractivity contribution >= 4 is 23.4 Å². The van der Waals surface area contributed by atoms with E-state index in [1.807, 2.05) is 0 Å². The number of aliphatic carboxylic acids is 1. The Hall–Kier alpha value is -2.45. The Labute approximate surface area is 143 Å². The highest BCUT2D eigenvalue weighted by Gasteiger charge is 2.32. The Kier molecular flexibility index (Phi) is 5.44. The van der Waals surface area contributed by atoms with Gasteiger partial charge in [0.05, 0.1) is 22.9 Å². The number of urea groups is 1. The summed E-state index contributed by atoms with van der Waals surface area (Å²) in [6, 6.07) is 2.63. The molecule has 2 rings (SSSR count). The fourth-order valence-electron chi connectivity index (χ4n) is 2.73. The molecule has 25 heavy (non-hydrogen) atoms. The third-order valence-electron chi connectivity index (χ3n) is 4.18. The zero-order valence-corrected chi connectivity index (χ0v) is 13.9. The maximum absolute atomic E-state index is 12.9. The number of anilines is 2. The molecule has 0 saturated carbocycles. The number of nitrogens with one attached hydrogen (secondary N) is 1. The number of alkyl halides is 3. The Morgan fingerprint density at radius 2 is 1.84 bits per heavy atom. The van der Waals surface area contributed by atoms with Gasteiger partial charge in [0.1, 0.15) is 0 Å². The summed E-state index contributed by atoms with van der Waals surface area (Å²) in [5.74, 6) is -1.39. The summed E-state index contributed by atoms with van der Waals surface area (Å²) < 4.78 is 38.8. The van der Waals surface area contributed by atoms with Crippen molar-refractivity contribution in [3.63, 3.8) is 0 Å². The molecule has 9 heteroatoms. The predicted molar refractivity (Wildman–Crippen MR) is 86.7 cm³/mol. The molecule has 1 aliphatic rings. The fraction of sp³-hybridized carbons (Fsp3) is 0.500. The lowest BCUT2D eigenvalue weighted by Gasteiger charge is -2.30. The van der Waals surface area contributed by atoms with Crippen LogP contribution < -0.4 is 10.2 Å². The van der Waals surface area contributed by atoms with Crippen molar-refractivity contribution in [1.29, 1.82) is 0 Å². The highest BCUT2D eigenvalue weighted by atomic mass is 19.4. The molecular weight excluding hydrogens is 339 g/mol. The number of carboxylic acid groups (broad SMARTS) is 1. The third kappa shape index (κ3) is 4.55. The monoisotopic (exact) mass is 359 g/mol. The second kappa shape index (κ2) is 7.20. The largest absolute Gasteiger partial charge is 0.481 e. The van der Waals surface area contributed by atoms with Crippen molar-refractivity contribution < 1.29 is 27.9 Å². The van der Waals surface area contributed by atoms with Crippen LogP contribution in [-0.2, 0) is 11.0 Å². The number of nitrogens with zero attached hydrogens (tertiary/aromatic N) is 2. The minimum atomic E-state index is -4.51. The van der Waals surface area contributed by atoms with Crippen molar-refractivity contribution in [2.24, 2.45) is 5.92 Å². The number of benzene rings is 1. The van der Waals surface area contributed by atoms with Gasteiger partial charge in [-0.15, -0.1) is 0 Å². The van der Waals surface area contributed by atoms with E-state index >= 15 is 0 Å². The second-order valence-corrected chi connectivity index (χ2v) is 6.15. The maximum atomic E-state index is 12.9. The Morgan fingerprint density at radius 3 is 2.32 bits per heavy atom. The van der Waals surface area contributed by atoms with Gasteiger partial charge in [-0.05, 0) is 31.0 Å². The van der Waals surface area contributed by atoms with Crippen molar-refractivity contribution in [1.82, 2.24) is 4.90 Å². The van der Waals surface area contributed by atoms with E-state index in [2.05, 4.69) is 5.32 Å². The van der Waals surface area contributed by atoms with Gasteiger partial charge in [-0.25, -0.2) is 4.79 Å². The molecule has 2 amide bonds. The van der Waals surface area contributed by atoms with Crippen LogP contribution >= 0.6 is 0 Å². The zero-order chi connectivity index (χ0) is 18.8. The number of carboxylic acids is 1. The standard InChI is InChI=1S/C16H20F3N3O3/c1-21(2)13-4-3-11(16(17,18)19)9-12(13)20-15(25)22-7-5-10(6-8-22)14(23)24/h3-4,9-10H,5-8H2,1-2H3,(H,20,25)(H,23,24). The number of piperidine rings is 1. The van der Waals surface area contributed by atoms with Crippen LogP contribution in [0, 0.1) is 5.92 Å². The summed E-state index contributed by atoms with van der Waals surface area (Å²) >= 11 is 0. The van der Waals surface area contributed by atoms with E-state index in [1.54, 1.807) is 19.0 Å². The van der Waals surface area contributed by atoms with Crippen LogP contribution in [0.4, 0.5) is 29.3 Å². The molecule has 1 aromatic carbocycles. The van der Waals surface area contributed by atoms with Crippen molar-refractivity contribution in [2.45, 2.75) is 19.0 Å². The van der Waals surface area contributed by atoms with Crippen LogP contribution in [-0.4, -0.2) is 49.2 Å². The summed E-state index contributed by atoms with van der Waals surface area (Å²) in [6.07, 6.45) is -3.86. The van der Waals surface area contributed by atoms with Gasteiger partial charge in [0.15, 0.2) is 0 Å². The molecule has 1 aromatic rings. The number of hydrogen-bond donors (Lipinski definition) is 2. The van der Waals surface area contributed by atoms with Crippen LogP contribution in [0.2, 0.25) is 0 Å². The number of carbonyl (C=O) groups is 2. The Balaban J connectivity index is 2.15. The molecule has 0 atom stereocenters. The van der Waals surface area contributed by atoms with Crippen LogP contribution in [0.1, 0.15) is 18.4 Å². The molecule has 1 aliphatic heterocycles. The van der Waals surface area contributed by atoms with Gasteiger partial charge in [-0.1, -0.05) is 0 Å². The molecule has 0 unspecified atom stereocenters. The highest BCUT2D eigenvalue weighted by molar-refractivity contribution is 5.93. The molecule has 0 bridgehead atoms. The molecular formula is C16H20F3N3O3. The van der Waals surface area contributed by atoms with Crippen LogP contribution in [0.25, 0.3) is 0 Å². The molecule has 138 valence electrons. The van der Waals surface area contributed by atoms with E-state index in [0.29, 0.717) is 18.5 Å². The third-order valence-corrected chi connectivity index (χ3v) is 4.18. The SMILES string of the molecule is CN(C)c1ccc(C(F)(F)F)cc1NC(=O)N1CCC(C(=O)O)CC1. The van der Waals surface area contributed by atoms with E-state index in [0.717, 1.165) is 12.1 Å². The van der Waals surface area contributed by atoms with Gasteiger partial charge < -0.3 is 20.2 Å². The highest BCUT2D eigenvalue weighted by Crippen LogP contribution is 2.35. The number of halogens is 3. The number of rotatable bonds is 3. The van der Waals surface area contributed by atoms with E-state index in [4.69, 9.17) is 5.11 Å². The van der Waals surface area contributed by atoms with E-state index in [-0.39, 0.29) is 18.8 Å². The van der Waals surface area contributed by atoms with Crippen molar-refractivity contribution in [3.05, 3.63) is 23.8 Å². The van der Waals surface area contributed by atoms with E-state index in [9.17, 15) is 22.8 Å². The number of likely N-dealkylation sites (tertiary alicyclic amines) is 1. The summed E-state index contributed by atoms with van der Waals surface area (Å²) in [5, 5.41) is 11.5. The van der Waals surface area contributed by atoms with Gasteiger partial charge in [0.2, 0.25) is 0 Å².